The fourth-order valence-electron chi connectivity index (χ4n) is 3.08. The summed E-state index contributed by atoms with van der Waals surface area (Å²) < 4.78 is 15.9. The predicted molar refractivity (Wildman–Crippen MR) is 77.6 cm³/mol. The lowest BCUT2D eigenvalue weighted by molar-refractivity contribution is -0.141. The zero-order valence-corrected chi connectivity index (χ0v) is 12.3. The van der Waals surface area contributed by atoms with Crippen molar-refractivity contribution in [3.05, 3.63) is 23.8 Å². The van der Waals surface area contributed by atoms with Crippen LogP contribution in [0.15, 0.2) is 18.2 Å². The molecular weight excluding hydrogens is 270 g/mol. The monoisotopic (exact) mass is 291 g/mol. The summed E-state index contributed by atoms with van der Waals surface area (Å²) in [6, 6.07) is 6.52. The first-order valence-electron chi connectivity index (χ1n) is 7.48. The molecule has 1 fully saturated rings. The van der Waals surface area contributed by atoms with Gasteiger partial charge in [0.2, 0.25) is 0 Å². The van der Waals surface area contributed by atoms with E-state index in [2.05, 4.69) is 17.0 Å². The second kappa shape index (κ2) is 6.35. The Morgan fingerprint density at radius 2 is 2.14 bits per heavy atom. The van der Waals surface area contributed by atoms with Crippen LogP contribution in [0, 0.1) is 0 Å². The van der Waals surface area contributed by atoms with Gasteiger partial charge < -0.3 is 14.2 Å². The smallest absolute Gasteiger partial charge is 0.306 e. The molecule has 1 saturated heterocycles. The summed E-state index contributed by atoms with van der Waals surface area (Å²) in [6.45, 7) is 2.98. The van der Waals surface area contributed by atoms with Crippen LogP contribution >= 0.6 is 0 Å². The molecule has 0 spiro atoms. The third-order valence-electron chi connectivity index (χ3n) is 4.15. The Hall–Kier alpha value is -1.75. The number of likely N-dealkylation sites (tertiary alicyclic amines) is 1. The van der Waals surface area contributed by atoms with Gasteiger partial charge in [-0.05, 0) is 37.1 Å². The number of nitrogens with zero attached hydrogens (tertiary/aromatic N) is 1. The van der Waals surface area contributed by atoms with Gasteiger partial charge >= 0.3 is 5.97 Å². The molecule has 0 aromatic heterocycles. The van der Waals surface area contributed by atoms with Gasteiger partial charge in [-0.2, -0.15) is 0 Å². The standard InChI is InChI=1S/C16H21NO4/c1-19-16(18)6-8-17-7-2-3-13(17)12-4-5-14-15(11-12)21-10-9-20-14/h4-5,11,13H,2-3,6-10H2,1H3/t13-/m0/s1. The Morgan fingerprint density at radius 1 is 1.33 bits per heavy atom. The van der Waals surface area contributed by atoms with Gasteiger partial charge in [0, 0.05) is 12.6 Å². The van der Waals surface area contributed by atoms with Crippen molar-refractivity contribution in [2.24, 2.45) is 0 Å². The maximum atomic E-state index is 11.3. The Kier molecular flexibility index (Phi) is 4.29. The van der Waals surface area contributed by atoms with Crippen molar-refractivity contribution in [1.82, 2.24) is 4.90 Å². The molecule has 0 N–H and O–H groups in total. The number of rotatable bonds is 4. The summed E-state index contributed by atoms with van der Waals surface area (Å²) in [5.74, 6) is 1.51. The molecule has 0 bridgehead atoms. The quantitative estimate of drug-likeness (QED) is 0.796. The van der Waals surface area contributed by atoms with E-state index >= 15 is 0 Å². The molecular formula is C16H21NO4. The summed E-state index contributed by atoms with van der Waals surface area (Å²) in [5, 5.41) is 0. The molecule has 2 aliphatic rings. The van der Waals surface area contributed by atoms with Crippen LogP contribution in [0.5, 0.6) is 11.5 Å². The molecule has 0 amide bonds. The molecule has 5 nitrogen and oxygen atoms in total. The van der Waals surface area contributed by atoms with Crippen molar-refractivity contribution in [2.45, 2.75) is 25.3 Å². The van der Waals surface area contributed by atoms with Crippen LogP contribution in [0.2, 0.25) is 0 Å². The molecule has 5 heteroatoms. The topological polar surface area (TPSA) is 48.0 Å². The highest BCUT2D eigenvalue weighted by Crippen LogP contribution is 2.37. The van der Waals surface area contributed by atoms with Crippen LogP contribution in [0.25, 0.3) is 0 Å². The van der Waals surface area contributed by atoms with Crippen LogP contribution < -0.4 is 9.47 Å². The number of esters is 1. The lowest BCUT2D eigenvalue weighted by atomic mass is 10.0. The highest BCUT2D eigenvalue weighted by molar-refractivity contribution is 5.69. The van der Waals surface area contributed by atoms with Crippen molar-refractivity contribution in [3.8, 4) is 11.5 Å². The van der Waals surface area contributed by atoms with Crippen molar-refractivity contribution < 1.29 is 19.0 Å². The van der Waals surface area contributed by atoms with Gasteiger partial charge in [0.15, 0.2) is 11.5 Å². The first-order chi connectivity index (χ1) is 10.3. The van der Waals surface area contributed by atoms with Gasteiger partial charge in [-0.3, -0.25) is 9.69 Å². The molecule has 1 aromatic rings. The zero-order chi connectivity index (χ0) is 14.7. The normalized spacial score (nSPS) is 21.3. The maximum Gasteiger partial charge on any atom is 0.306 e. The lowest BCUT2D eigenvalue weighted by Crippen LogP contribution is -2.26. The highest BCUT2D eigenvalue weighted by Gasteiger charge is 2.27. The van der Waals surface area contributed by atoms with E-state index in [4.69, 9.17) is 14.2 Å². The van der Waals surface area contributed by atoms with Gasteiger partial charge in [0.1, 0.15) is 13.2 Å². The molecule has 0 unspecified atom stereocenters. The number of benzene rings is 1. The van der Waals surface area contributed by atoms with Crippen LogP contribution in [-0.4, -0.2) is 44.3 Å². The summed E-state index contributed by atoms with van der Waals surface area (Å²) in [4.78, 5) is 13.7. The number of methoxy groups -OCH3 is 1. The minimum Gasteiger partial charge on any atom is -0.486 e. The minimum absolute atomic E-state index is 0.150. The predicted octanol–water partition coefficient (Wildman–Crippen LogP) is 2.16. The Morgan fingerprint density at radius 3 is 2.95 bits per heavy atom. The largest absolute Gasteiger partial charge is 0.486 e. The van der Waals surface area contributed by atoms with Gasteiger partial charge in [-0.15, -0.1) is 0 Å². The van der Waals surface area contributed by atoms with Gasteiger partial charge in [-0.1, -0.05) is 6.07 Å². The van der Waals surface area contributed by atoms with E-state index in [0.29, 0.717) is 25.7 Å². The van der Waals surface area contributed by atoms with Crippen LogP contribution in [0.3, 0.4) is 0 Å². The van der Waals surface area contributed by atoms with Gasteiger partial charge in [0.05, 0.1) is 13.5 Å². The van der Waals surface area contributed by atoms with E-state index in [1.54, 1.807) is 0 Å². The average Bonchev–Trinajstić information content (AvgIpc) is 3.00. The SMILES string of the molecule is COC(=O)CCN1CCC[C@H]1c1ccc2c(c1)OCCO2. The summed E-state index contributed by atoms with van der Waals surface area (Å²) >= 11 is 0. The number of carbonyl (C=O) groups is 1. The number of hydrogen-bond donors (Lipinski definition) is 0. The summed E-state index contributed by atoms with van der Waals surface area (Å²) in [6.07, 6.45) is 2.71. The second-order valence-corrected chi connectivity index (χ2v) is 5.42. The van der Waals surface area contributed by atoms with Crippen molar-refractivity contribution >= 4 is 5.97 Å². The van der Waals surface area contributed by atoms with E-state index in [0.717, 1.165) is 37.4 Å². The number of fused-ring (bicyclic) bond motifs is 1. The summed E-state index contributed by atoms with van der Waals surface area (Å²) in [7, 11) is 1.44. The highest BCUT2D eigenvalue weighted by atomic mass is 16.6. The average molecular weight is 291 g/mol. The molecule has 2 heterocycles. The third-order valence-corrected chi connectivity index (χ3v) is 4.15. The van der Waals surface area contributed by atoms with Crippen molar-refractivity contribution in [3.63, 3.8) is 0 Å². The molecule has 1 aromatic carbocycles. The molecule has 2 aliphatic heterocycles. The van der Waals surface area contributed by atoms with E-state index in [1.165, 1.54) is 12.7 Å². The lowest BCUT2D eigenvalue weighted by Gasteiger charge is -2.26. The maximum absolute atomic E-state index is 11.3. The van der Waals surface area contributed by atoms with Crippen LogP contribution in [0.1, 0.15) is 30.9 Å². The molecule has 1 atom stereocenters. The van der Waals surface area contributed by atoms with Gasteiger partial charge in [0.25, 0.3) is 0 Å². The molecule has 0 aliphatic carbocycles. The fraction of sp³-hybridized carbons (Fsp3) is 0.562. The van der Waals surface area contributed by atoms with Crippen LogP contribution in [0.4, 0.5) is 0 Å². The van der Waals surface area contributed by atoms with Crippen LogP contribution in [-0.2, 0) is 9.53 Å². The number of ether oxygens (including phenoxy) is 3. The third kappa shape index (κ3) is 3.13. The van der Waals surface area contributed by atoms with Crippen molar-refractivity contribution in [1.29, 1.82) is 0 Å². The molecule has 114 valence electrons. The van der Waals surface area contributed by atoms with E-state index < -0.39 is 0 Å². The molecule has 3 rings (SSSR count). The number of carbonyl (C=O) groups excluding carboxylic acids is 1. The minimum atomic E-state index is -0.150. The Labute approximate surface area is 124 Å². The Bertz CT molecular complexity index is 517. The van der Waals surface area contributed by atoms with Gasteiger partial charge in [-0.25, -0.2) is 0 Å². The Balaban J connectivity index is 1.71. The second-order valence-electron chi connectivity index (χ2n) is 5.42. The van der Waals surface area contributed by atoms with E-state index in [9.17, 15) is 4.79 Å². The summed E-state index contributed by atoms with van der Waals surface area (Å²) in [5.41, 5.74) is 1.24. The number of hydrogen-bond acceptors (Lipinski definition) is 5. The van der Waals surface area contributed by atoms with Crippen molar-refractivity contribution in [2.75, 3.05) is 33.4 Å². The first kappa shape index (κ1) is 14.2. The van der Waals surface area contributed by atoms with E-state index in [1.807, 2.05) is 6.07 Å². The van der Waals surface area contributed by atoms with E-state index in [-0.39, 0.29) is 5.97 Å². The fourth-order valence-corrected chi connectivity index (χ4v) is 3.08. The molecule has 21 heavy (non-hydrogen) atoms. The zero-order valence-electron chi connectivity index (χ0n) is 12.3. The first-order valence-corrected chi connectivity index (χ1v) is 7.48. The molecule has 0 radical (unpaired) electrons. The molecule has 0 saturated carbocycles.